The van der Waals surface area contributed by atoms with Gasteiger partial charge < -0.3 is 14.8 Å². The molecular formula is C17H16F3N3O3S. The van der Waals surface area contributed by atoms with Crippen molar-refractivity contribution in [3.8, 4) is 11.5 Å². The van der Waals surface area contributed by atoms with Crippen molar-refractivity contribution >= 4 is 28.9 Å². The number of carbonyl (C=O) groups excluding carboxylic acids is 1. The molecule has 2 rings (SSSR count). The normalized spacial score (nSPS) is 11.4. The first-order chi connectivity index (χ1) is 12.8. The van der Waals surface area contributed by atoms with E-state index in [1.54, 1.807) is 6.07 Å². The van der Waals surface area contributed by atoms with Crippen LogP contribution in [0.15, 0.2) is 48.5 Å². The predicted octanol–water partition coefficient (Wildman–Crippen LogP) is 3.21. The third kappa shape index (κ3) is 6.66. The van der Waals surface area contributed by atoms with Crippen molar-refractivity contribution in [1.82, 2.24) is 10.9 Å². The van der Waals surface area contributed by atoms with Crippen LogP contribution in [-0.2, 0) is 4.79 Å². The van der Waals surface area contributed by atoms with Gasteiger partial charge in [-0.15, -0.1) is 0 Å². The number of halogens is 3. The van der Waals surface area contributed by atoms with Crippen molar-refractivity contribution in [2.45, 2.75) is 19.6 Å². The van der Waals surface area contributed by atoms with E-state index in [-0.39, 0.29) is 16.6 Å². The molecule has 27 heavy (non-hydrogen) atoms. The van der Waals surface area contributed by atoms with Gasteiger partial charge in [-0.3, -0.25) is 15.6 Å². The number of hydrazine groups is 1. The molecule has 2 aromatic carbocycles. The number of alkyl halides is 2. The Morgan fingerprint density at radius 2 is 1.70 bits per heavy atom. The summed E-state index contributed by atoms with van der Waals surface area (Å²) in [5, 5.41) is 2.78. The maximum Gasteiger partial charge on any atom is 0.387 e. The van der Waals surface area contributed by atoms with Crippen LogP contribution in [0.2, 0.25) is 0 Å². The summed E-state index contributed by atoms with van der Waals surface area (Å²) in [6, 6.07) is 11.3. The number of para-hydroxylation sites is 1. The highest BCUT2D eigenvalue weighted by Crippen LogP contribution is 2.18. The van der Waals surface area contributed by atoms with Crippen LogP contribution in [0.25, 0.3) is 0 Å². The van der Waals surface area contributed by atoms with Crippen LogP contribution in [0.4, 0.5) is 18.9 Å². The van der Waals surface area contributed by atoms with Crippen LogP contribution in [0.5, 0.6) is 11.5 Å². The third-order valence-electron chi connectivity index (χ3n) is 3.15. The monoisotopic (exact) mass is 399 g/mol. The highest BCUT2D eigenvalue weighted by Gasteiger charge is 2.16. The highest BCUT2D eigenvalue weighted by molar-refractivity contribution is 7.80. The number of hydrogen-bond donors (Lipinski definition) is 3. The second-order valence-corrected chi connectivity index (χ2v) is 5.57. The molecule has 1 amide bonds. The minimum atomic E-state index is -2.91. The van der Waals surface area contributed by atoms with Crippen LogP contribution in [0, 0.1) is 5.82 Å². The fourth-order valence-electron chi connectivity index (χ4n) is 1.89. The quantitative estimate of drug-likeness (QED) is 0.512. The fourth-order valence-corrected chi connectivity index (χ4v) is 2.06. The molecule has 0 bridgehead atoms. The Labute approximate surface area is 158 Å². The fraction of sp³-hybridized carbons (Fsp3) is 0.176. The smallest absolute Gasteiger partial charge is 0.387 e. The first-order valence-electron chi connectivity index (χ1n) is 7.68. The van der Waals surface area contributed by atoms with Gasteiger partial charge in [-0.1, -0.05) is 12.1 Å². The van der Waals surface area contributed by atoms with Gasteiger partial charge in [0.1, 0.15) is 5.75 Å². The minimum Gasteiger partial charge on any atom is -0.478 e. The number of thiocarbonyl (C=S) groups is 1. The molecule has 3 N–H and O–H groups in total. The summed E-state index contributed by atoms with van der Waals surface area (Å²) < 4.78 is 47.2. The van der Waals surface area contributed by atoms with E-state index in [4.69, 9.17) is 17.0 Å². The predicted molar refractivity (Wildman–Crippen MR) is 97.1 cm³/mol. The maximum atomic E-state index is 13.5. The van der Waals surface area contributed by atoms with Crippen LogP contribution in [-0.4, -0.2) is 23.7 Å². The van der Waals surface area contributed by atoms with Crippen LogP contribution < -0.4 is 25.6 Å². The van der Waals surface area contributed by atoms with Gasteiger partial charge in [0.2, 0.25) is 0 Å². The Bertz CT molecular complexity index is 790. The lowest BCUT2D eigenvalue weighted by molar-refractivity contribution is -0.127. The molecule has 0 aliphatic carbocycles. The average molecular weight is 399 g/mol. The zero-order valence-corrected chi connectivity index (χ0v) is 14.9. The molecule has 0 heterocycles. The van der Waals surface area contributed by atoms with Gasteiger partial charge in [-0.2, -0.15) is 8.78 Å². The first kappa shape index (κ1) is 20.3. The molecule has 0 unspecified atom stereocenters. The first-order valence-corrected chi connectivity index (χ1v) is 8.09. The molecule has 10 heteroatoms. The summed E-state index contributed by atoms with van der Waals surface area (Å²) >= 11 is 5.01. The zero-order valence-electron chi connectivity index (χ0n) is 14.0. The summed E-state index contributed by atoms with van der Waals surface area (Å²) in [5.74, 6) is -1.21. The van der Waals surface area contributed by atoms with Crippen molar-refractivity contribution in [2.75, 3.05) is 5.32 Å². The lowest BCUT2D eigenvalue weighted by Crippen LogP contribution is -2.48. The second-order valence-electron chi connectivity index (χ2n) is 5.16. The van der Waals surface area contributed by atoms with E-state index < -0.39 is 24.4 Å². The average Bonchev–Trinajstić information content (AvgIpc) is 2.62. The number of ether oxygens (including phenoxy) is 2. The van der Waals surface area contributed by atoms with Gasteiger partial charge in [-0.05, 0) is 55.5 Å². The summed E-state index contributed by atoms with van der Waals surface area (Å²) in [5.41, 5.74) is 5.26. The second kappa shape index (κ2) is 9.62. The molecule has 0 aromatic heterocycles. The molecule has 6 nitrogen and oxygen atoms in total. The van der Waals surface area contributed by atoms with E-state index in [1.807, 2.05) is 0 Å². The highest BCUT2D eigenvalue weighted by atomic mass is 32.1. The molecule has 1 atom stereocenters. The third-order valence-corrected chi connectivity index (χ3v) is 3.35. The van der Waals surface area contributed by atoms with Gasteiger partial charge in [0.15, 0.2) is 22.8 Å². The number of benzene rings is 2. The van der Waals surface area contributed by atoms with Crippen molar-refractivity contribution < 1.29 is 27.4 Å². The SMILES string of the molecule is C[C@@H](Oc1ccccc1F)C(=O)NNC(=S)Nc1ccc(OC(F)F)cc1. The number of nitrogens with one attached hydrogen (secondary N) is 3. The van der Waals surface area contributed by atoms with Gasteiger partial charge >= 0.3 is 6.61 Å². The number of carbonyl (C=O) groups is 1. The Morgan fingerprint density at radius 3 is 2.33 bits per heavy atom. The molecular weight excluding hydrogens is 383 g/mol. The van der Waals surface area contributed by atoms with E-state index in [1.165, 1.54) is 49.4 Å². The summed E-state index contributed by atoms with van der Waals surface area (Å²) in [7, 11) is 0. The minimum absolute atomic E-state index is 0.00171. The van der Waals surface area contributed by atoms with Crippen molar-refractivity contribution in [1.29, 1.82) is 0 Å². The lowest BCUT2D eigenvalue weighted by atomic mass is 10.3. The Balaban J connectivity index is 1.79. The van der Waals surface area contributed by atoms with E-state index in [9.17, 15) is 18.0 Å². The van der Waals surface area contributed by atoms with Gasteiger partial charge in [0.05, 0.1) is 0 Å². The van der Waals surface area contributed by atoms with Crippen LogP contribution >= 0.6 is 12.2 Å². The Kier molecular flexibility index (Phi) is 7.24. The molecule has 2 aromatic rings. The molecule has 0 aliphatic rings. The Hall–Kier alpha value is -3.01. The largest absolute Gasteiger partial charge is 0.478 e. The molecule has 0 fully saturated rings. The Morgan fingerprint density at radius 1 is 1.04 bits per heavy atom. The molecule has 0 radical (unpaired) electrons. The molecule has 0 saturated heterocycles. The number of anilines is 1. The van der Waals surface area contributed by atoms with Gasteiger partial charge in [-0.25, -0.2) is 4.39 Å². The lowest BCUT2D eigenvalue weighted by Gasteiger charge is -2.17. The summed E-state index contributed by atoms with van der Waals surface area (Å²) in [4.78, 5) is 12.0. The van der Waals surface area contributed by atoms with Crippen molar-refractivity contribution in [3.63, 3.8) is 0 Å². The number of rotatable bonds is 6. The van der Waals surface area contributed by atoms with E-state index in [0.717, 1.165) is 0 Å². The topological polar surface area (TPSA) is 71.6 Å². The van der Waals surface area contributed by atoms with Crippen LogP contribution in [0.3, 0.4) is 0 Å². The molecule has 0 spiro atoms. The number of hydrogen-bond acceptors (Lipinski definition) is 4. The van der Waals surface area contributed by atoms with Gasteiger partial charge in [0.25, 0.3) is 5.91 Å². The zero-order chi connectivity index (χ0) is 19.8. The maximum absolute atomic E-state index is 13.5. The van der Waals surface area contributed by atoms with Crippen molar-refractivity contribution in [2.24, 2.45) is 0 Å². The molecule has 144 valence electrons. The standard InChI is InChI=1S/C17H16F3N3O3S/c1-10(25-14-5-3-2-4-13(14)18)15(24)22-23-17(27)21-11-6-8-12(9-7-11)26-16(19)20/h2-10,16H,1H3,(H,22,24)(H2,21,23,27)/t10-/m1/s1. The summed E-state index contributed by atoms with van der Waals surface area (Å²) in [6.45, 7) is -1.46. The molecule has 0 aliphatic heterocycles. The van der Waals surface area contributed by atoms with E-state index >= 15 is 0 Å². The van der Waals surface area contributed by atoms with E-state index in [0.29, 0.717) is 5.69 Å². The van der Waals surface area contributed by atoms with E-state index in [2.05, 4.69) is 20.9 Å². The molecule has 0 saturated carbocycles. The summed E-state index contributed by atoms with van der Waals surface area (Å²) in [6.07, 6.45) is -0.983. The van der Waals surface area contributed by atoms with Gasteiger partial charge in [0, 0.05) is 5.69 Å². The van der Waals surface area contributed by atoms with Crippen LogP contribution in [0.1, 0.15) is 6.92 Å². The van der Waals surface area contributed by atoms with Crippen molar-refractivity contribution in [3.05, 3.63) is 54.3 Å². The number of amides is 1.